The quantitative estimate of drug-likeness (QED) is 0.348. The third-order valence-corrected chi connectivity index (χ3v) is 6.08. The molecule has 34 heavy (non-hydrogen) atoms. The van der Waals surface area contributed by atoms with E-state index in [1.165, 1.54) is 30.6 Å². The number of methoxy groups -OCH3 is 1. The van der Waals surface area contributed by atoms with Crippen LogP contribution in [0, 0.1) is 0 Å². The van der Waals surface area contributed by atoms with E-state index < -0.39 is 11.8 Å². The average Bonchev–Trinajstić information content (AvgIpc) is 3.27. The molecule has 1 aromatic heterocycles. The summed E-state index contributed by atoms with van der Waals surface area (Å²) in [5, 5.41) is 3.39. The Bertz CT molecular complexity index is 1270. The van der Waals surface area contributed by atoms with Crippen molar-refractivity contribution in [1.82, 2.24) is 4.98 Å². The zero-order valence-corrected chi connectivity index (χ0v) is 19.7. The highest BCUT2D eigenvalue weighted by Gasteiger charge is 2.20. The number of anilines is 1. The van der Waals surface area contributed by atoms with Crippen molar-refractivity contribution < 1.29 is 19.1 Å². The van der Waals surface area contributed by atoms with E-state index in [1.54, 1.807) is 0 Å². The van der Waals surface area contributed by atoms with Crippen molar-refractivity contribution in [3.63, 3.8) is 0 Å². The normalized spacial score (nSPS) is 10.5. The van der Waals surface area contributed by atoms with Gasteiger partial charge in [0.25, 0.3) is 11.8 Å². The summed E-state index contributed by atoms with van der Waals surface area (Å²) in [6.45, 7) is -0.370. The lowest BCUT2D eigenvalue weighted by atomic mass is 10.1. The molecule has 0 bridgehead atoms. The first-order chi connectivity index (χ1) is 16.5. The van der Waals surface area contributed by atoms with Crippen LogP contribution in [-0.4, -0.2) is 30.5 Å². The van der Waals surface area contributed by atoms with Crippen molar-refractivity contribution in [2.45, 2.75) is 0 Å². The van der Waals surface area contributed by atoms with Crippen LogP contribution in [0.5, 0.6) is 11.5 Å². The van der Waals surface area contributed by atoms with Crippen molar-refractivity contribution in [3.8, 4) is 33.2 Å². The van der Waals surface area contributed by atoms with Gasteiger partial charge in [-0.3, -0.25) is 14.9 Å². The molecule has 3 N–H and O–H groups in total. The fraction of sp³-hybridized carbons (Fsp3) is 0.0800. The lowest BCUT2D eigenvalue weighted by molar-refractivity contribution is -0.119. The molecular weight excluding hydrogens is 474 g/mol. The summed E-state index contributed by atoms with van der Waals surface area (Å²) in [6.07, 6.45) is 0. The molecule has 0 unspecified atom stereocenters. The zero-order valence-electron chi connectivity index (χ0n) is 18.1. The number of nitrogens with two attached hydrogens (primary N) is 1. The lowest BCUT2D eigenvalue weighted by Crippen LogP contribution is -2.20. The number of hydrogen-bond acceptors (Lipinski definition) is 6. The molecule has 0 atom stereocenters. The second-order valence-electron chi connectivity index (χ2n) is 7.13. The Morgan fingerprint density at radius 3 is 2.29 bits per heavy atom. The van der Waals surface area contributed by atoms with Crippen molar-refractivity contribution in [2.75, 3.05) is 19.0 Å². The minimum Gasteiger partial charge on any atom is -0.493 e. The van der Waals surface area contributed by atoms with Crippen LogP contribution in [0.3, 0.4) is 0 Å². The fourth-order valence-electron chi connectivity index (χ4n) is 3.25. The number of nitrogens with one attached hydrogen (secondary N) is 1. The van der Waals surface area contributed by atoms with Gasteiger partial charge in [0.15, 0.2) is 23.2 Å². The number of nitrogens with zero attached hydrogens (tertiary/aromatic N) is 1. The molecule has 0 radical (unpaired) electrons. The van der Waals surface area contributed by atoms with Crippen molar-refractivity contribution >= 4 is 39.9 Å². The topological polar surface area (TPSA) is 104 Å². The summed E-state index contributed by atoms with van der Waals surface area (Å²) in [4.78, 5) is 29.7. The molecule has 0 aliphatic rings. The van der Waals surface area contributed by atoms with E-state index in [2.05, 4.69) is 5.32 Å². The van der Waals surface area contributed by atoms with Crippen molar-refractivity contribution in [3.05, 3.63) is 83.4 Å². The maximum atomic E-state index is 13.0. The number of aromatic nitrogens is 1. The van der Waals surface area contributed by atoms with Crippen LogP contribution in [0.1, 0.15) is 10.4 Å². The van der Waals surface area contributed by atoms with Crippen LogP contribution in [0.15, 0.2) is 72.8 Å². The highest BCUT2D eigenvalue weighted by Crippen LogP contribution is 2.40. The molecule has 0 aliphatic heterocycles. The highest BCUT2D eigenvalue weighted by molar-refractivity contribution is 7.19. The standard InChI is InChI=1S/C25H20ClN3O4S/c1-32-19-13-17(12-18(26)22(19)33-14-20(27)30)24(31)29-25-28-21(15-8-4-2-5-9-15)23(34-25)16-10-6-3-7-11-16/h2-13H,14H2,1H3,(H2,27,30)(H,28,29,31). The zero-order chi connectivity index (χ0) is 24.1. The Kier molecular flexibility index (Phi) is 7.10. The van der Waals surface area contributed by atoms with E-state index >= 15 is 0 Å². The Hall–Kier alpha value is -3.88. The molecule has 1 heterocycles. The summed E-state index contributed by atoms with van der Waals surface area (Å²) >= 11 is 7.66. The minimum atomic E-state index is -0.660. The number of carbonyl (C=O) groups excluding carboxylic acids is 2. The highest BCUT2D eigenvalue weighted by atomic mass is 35.5. The van der Waals surface area contributed by atoms with Crippen LogP contribution in [0.2, 0.25) is 5.02 Å². The smallest absolute Gasteiger partial charge is 0.257 e. The molecule has 4 aromatic rings. The van der Waals surface area contributed by atoms with Gasteiger partial charge in [-0.25, -0.2) is 4.98 Å². The van der Waals surface area contributed by atoms with Crippen LogP contribution in [0.25, 0.3) is 21.7 Å². The van der Waals surface area contributed by atoms with Gasteiger partial charge in [-0.15, -0.1) is 0 Å². The molecule has 2 amide bonds. The summed E-state index contributed by atoms with van der Waals surface area (Å²) < 4.78 is 10.6. The number of hydrogen-bond donors (Lipinski definition) is 2. The summed E-state index contributed by atoms with van der Waals surface area (Å²) in [5.41, 5.74) is 8.09. The van der Waals surface area contributed by atoms with Crippen LogP contribution in [-0.2, 0) is 4.79 Å². The first kappa shape index (κ1) is 23.3. The molecule has 7 nitrogen and oxygen atoms in total. The Morgan fingerprint density at radius 2 is 1.68 bits per heavy atom. The number of thiazole rings is 1. The molecule has 0 aliphatic carbocycles. The van der Waals surface area contributed by atoms with Crippen LogP contribution < -0.4 is 20.5 Å². The largest absolute Gasteiger partial charge is 0.493 e. The third kappa shape index (κ3) is 5.19. The van der Waals surface area contributed by atoms with Gasteiger partial charge in [0.2, 0.25) is 0 Å². The van der Waals surface area contributed by atoms with E-state index in [1.807, 2.05) is 60.7 Å². The molecule has 0 fully saturated rings. The third-order valence-electron chi connectivity index (χ3n) is 4.78. The van der Waals surface area contributed by atoms with Crippen molar-refractivity contribution in [2.24, 2.45) is 5.73 Å². The number of rotatable bonds is 8. The van der Waals surface area contributed by atoms with Gasteiger partial charge in [0, 0.05) is 11.1 Å². The maximum Gasteiger partial charge on any atom is 0.257 e. The Morgan fingerprint density at radius 1 is 1.03 bits per heavy atom. The van der Waals surface area contributed by atoms with Gasteiger partial charge in [0.05, 0.1) is 22.7 Å². The molecule has 4 rings (SSSR count). The van der Waals surface area contributed by atoms with Crippen LogP contribution >= 0.6 is 22.9 Å². The van der Waals surface area contributed by atoms with Gasteiger partial charge in [0.1, 0.15) is 0 Å². The van der Waals surface area contributed by atoms with E-state index in [0.717, 1.165) is 21.7 Å². The lowest BCUT2D eigenvalue weighted by Gasteiger charge is -2.13. The van der Waals surface area contributed by atoms with Gasteiger partial charge >= 0.3 is 0 Å². The first-order valence-electron chi connectivity index (χ1n) is 10.2. The second-order valence-corrected chi connectivity index (χ2v) is 8.53. The van der Waals surface area contributed by atoms with Gasteiger partial charge < -0.3 is 15.2 Å². The minimum absolute atomic E-state index is 0.111. The molecular formula is C25H20ClN3O4S. The Balaban J connectivity index is 1.65. The SMILES string of the molecule is COc1cc(C(=O)Nc2nc(-c3ccccc3)c(-c3ccccc3)s2)cc(Cl)c1OCC(N)=O. The van der Waals surface area contributed by atoms with E-state index in [9.17, 15) is 9.59 Å². The predicted octanol–water partition coefficient (Wildman–Crippen LogP) is 5.26. The Labute approximate surface area is 205 Å². The molecule has 3 aromatic carbocycles. The average molecular weight is 494 g/mol. The summed E-state index contributed by atoms with van der Waals surface area (Å²) in [6, 6.07) is 22.5. The first-order valence-corrected chi connectivity index (χ1v) is 11.4. The molecule has 9 heteroatoms. The van der Waals surface area contributed by atoms with Gasteiger partial charge in [-0.05, 0) is 17.7 Å². The fourth-order valence-corrected chi connectivity index (χ4v) is 4.51. The van der Waals surface area contributed by atoms with Crippen LogP contribution in [0.4, 0.5) is 5.13 Å². The maximum absolute atomic E-state index is 13.0. The summed E-state index contributed by atoms with van der Waals surface area (Å²) in [5.74, 6) is -0.749. The number of ether oxygens (including phenoxy) is 2. The number of benzene rings is 3. The predicted molar refractivity (Wildman–Crippen MR) is 134 cm³/mol. The van der Waals surface area contributed by atoms with E-state index in [-0.39, 0.29) is 28.7 Å². The van der Waals surface area contributed by atoms with E-state index in [0.29, 0.717) is 5.13 Å². The van der Waals surface area contributed by atoms with Gasteiger partial charge in [-0.1, -0.05) is 83.6 Å². The molecule has 0 spiro atoms. The van der Waals surface area contributed by atoms with Gasteiger partial charge in [-0.2, -0.15) is 0 Å². The second kappa shape index (κ2) is 10.4. The van der Waals surface area contributed by atoms with E-state index in [4.69, 9.17) is 31.8 Å². The molecule has 0 saturated heterocycles. The number of amides is 2. The monoisotopic (exact) mass is 493 g/mol. The number of carbonyl (C=O) groups is 2. The number of primary amides is 1. The van der Waals surface area contributed by atoms with Crippen molar-refractivity contribution in [1.29, 1.82) is 0 Å². The molecule has 172 valence electrons. The number of halogens is 1. The summed E-state index contributed by atoms with van der Waals surface area (Å²) in [7, 11) is 1.41. The molecule has 0 saturated carbocycles.